The molecule has 1 heterocycles. The lowest BCUT2D eigenvalue weighted by Crippen LogP contribution is -3.15. The topological polar surface area (TPSA) is 50.5 Å². The van der Waals surface area contributed by atoms with E-state index in [0.29, 0.717) is 0 Å². The standard InChI is InChI=1S/C14H28N2O2/c17-14(12-16-7-9-18-10-8-16)11-15-13-5-3-1-2-4-6-13/h13-15,17H,1-12H2/p+2/t14-/m1/s1. The summed E-state index contributed by atoms with van der Waals surface area (Å²) in [5.74, 6) is 0. The zero-order valence-corrected chi connectivity index (χ0v) is 11.6. The SMILES string of the molecule is O[C@H](C[NH2+]C1CCCCCC1)C[NH+]1CCOCC1. The summed E-state index contributed by atoms with van der Waals surface area (Å²) in [5.41, 5.74) is 0. The normalized spacial score (nSPS) is 25.8. The molecule has 2 rings (SSSR count). The van der Waals surface area contributed by atoms with Gasteiger partial charge in [-0.25, -0.2) is 0 Å². The number of hydrogen-bond acceptors (Lipinski definition) is 2. The number of morpholine rings is 1. The molecule has 1 atom stereocenters. The highest BCUT2D eigenvalue weighted by atomic mass is 16.5. The molecule has 4 heteroatoms. The molecule has 0 bridgehead atoms. The number of nitrogens with one attached hydrogen (secondary N) is 1. The summed E-state index contributed by atoms with van der Waals surface area (Å²) in [6.45, 7) is 5.60. The van der Waals surface area contributed by atoms with E-state index in [1.54, 1.807) is 0 Å². The van der Waals surface area contributed by atoms with E-state index in [0.717, 1.165) is 45.4 Å². The van der Waals surface area contributed by atoms with E-state index in [1.165, 1.54) is 43.4 Å². The Labute approximate surface area is 111 Å². The minimum absolute atomic E-state index is 0.152. The van der Waals surface area contributed by atoms with Gasteiger partial charge in [0, 0.05) is 0 Å². The van der Waals surface area contributed by atoms with Gasteiger partial charge in [0.05, 0.1) is 19.3 Å². The van der Waals surface area contributed by atoms with Gasteiger partial charge in [0.1, 0.15) is 26.2 Å². The zero-order chi connectivity index (χ0) is 12.6. The van der Waals surface area contributed by atoms with Crippen LogP contribution in [-0.2, 0) is 4.74 Å². The van der Waals surface area contributed by atoms with Crippen molar-refractivity contribution in [2.45, 2.75) is 50.7 Å². The fraction of sp³-hybridized carbons (Fsp3) is 1.00. The first-order chi connectivity index (χ1) is 8.84. The highest BCUT2D eigenvalue weighted by molar-refractivity contribution is 4.62. The van der Waals surface area contributed by atoms with E-state index in [1.807, 2.05) is 0 Å². The molecule has 2 aliphatic rings. The van der Waals surface area contributed by atoms with Crippen molar-refractivity contribution >= 4 is 0 Å². The number of quaternary nitrogens is 2. The number of aliphatic hydroxyl groups excluding tert-OH is 1. The molecule has 1 saturated carbocycles. The molecule has 0 spiro atoms. The highest BCUT2D eigenvalue weighted by Crippen LogP contribution is 2.14. The monoisotopic (exact) mass is 258 g/mol. The Hall–Kier alpha value is -0.160. The second-order valence-electron chi connectivity index (χ2n) is 5.94. The van der Waals surface area contributed by atoms with Crippen molar-refractivity contribution in [3.63, 3.8) is 0 Å². The van der Waals surface area contributed by atoms with E-state index >= 15 is 0 Å². The smallest absolute Gasteiger partial charge is 0.151 e. The zero-order valence-electron chi connectivity index (χ0n) is 11.6. The molecular formula is C14H30N2O2+2. The van der Waals surface area contributed by atoms with Crippen LogP contribution in [0.4, 0.5) is 0 Å². The first-order valence-corrected chi connectivity index (χ1v) is 7.77. The molecular weight excluding hydrogens is 228 g/mol. The van der Waals surface area contributed by atoms with E-state index < -0.39 is 0 Å². The number of rotatable bonds is 5. The van der Waals surface area contributed by atoms with Crippen LogP contribution in [0.25, 0.3) is 0 Å². The van der Waals surface area contributed by atoms with Crippen molar-refractivity contribution in [1.82, 2.24) is 0 Å². The van der Waals surface area contributed by atoms with Gasteiger partial charge in [0.15, 0.2) is 6.10 Å². The van der Waals surface area contributed by atoms with Crippen LogP contribution < -0.4 is 10.2 Å². The van der Waals surface area contributed by atoms with Crippen LogP contribution in [0.2, 0.25) is 0 Å². The second kappa shape index (κ2) is 8.10. The predicted molar refractivity (Wildman–Crippen MR) is 70.7 cm³/mol. The molecule has 0 radical (unpaired) electrons. The Kier molecular flexibility index (Phi) is 6.41. The molecule has 0 unspecified atom stereocenters. The Morgan fingerprint density at radius 3 is 2.44 bits per heavy atom. The van der Waals surface area contributed by atoms with Gasteiger partial charge in [-0.3, -0.25) is 0 Å². The van der Waals surface area contributed by atoms with Gasteiger partial charge in [0.25, 0.3) is 0 Å². The van der Waals surface area contributed by atoms with Crippen LogP contribution in [0.1, 0.15) is 38.5 Å². The average Bonchev–Trinajstić information content (AvgIpc) is 2.66. The summed E-state index contributed by atoms with van der Waals surface area (Å²) in [6, 6.07) is 0.766. The molecule has 1 aliphatic carbocycles. The fourth-order valence-corrected chi connectivity index (χ4v) is 3.18. The van der Waals surface area contributed by atoms with Crippen LogP contribution >= 0.6 is 0 Å². The Morgan fingerprint density at radius 1 is 1.11 bits per heavy atom. The Morgan fingerprint density at radius 2 is 1.78 bits per heavy atom. The van der Waals surface area contributed by atoms with Gasteiger partial charge in [-0.15, -0.1) is 0 Å². The van der Waals surface area contributed by atoms with Crippen LogP contribution in [-0.4, -0.2) is 56.6 Å². The van der Waals surface area contributed by atoms with Crippen LogP contribution in [0.15, 0.2) is 0 Å². The third-order valence-corrected chi connectivity index (χ3v) is 4.37. The molecule has 18 heavy (non-hydrogen) atoms. The van der Waals surface area contributed by atoms with Crippen LogP contribution in [0.3, 0.4) is 0 Å². The third-order valence-electron chi connectivity index (χ3n) is 4.37. The van der Waals surface area contributed by atoms with Gasteiger partial charge in [-0.1, -0.05) is 12.8 Å². The first kappa shape index (κ1) is 14.3. The lowest BCUT2D eigenvalue weighted by molar-refractivity contribution is -0.912. The molecule has 1 aliphatic heterocycles. The van der Waals surface area contributed by atoms with E-state index in [-0.39, 0.29) is 6.10 Å². The lowest BCUT2D eigenvalue weighted by Gasteiger charge is -2.25. The van der Waals surface area contributed by atoms with Crippen molar-refractivity contribution in [1.29, 1.82) is 0 Å². The summed E-state index contributed by atoms with van der Waals surface area (Å²) < 4.78 is 5.34. The maximum Gasteiger partial charge on any atom is 0.151 e. The van der Waals surface area contributed by atoms with Gasteiger partial charge in [-0.2, -0.15) is 0 Å². The number of hydrogen-bond donors (Lipinski definition) is 3. The highest BCUT2D eigenvalue weighted by Gasteiger charge is 2.21. The second-order valence-corrected chi connectivity index (χ2v) is 5.94. The Balaban J connectivity index is 1.59. The summed E-state index contributed by atoms with van der Waals surface area (Å²) in [7, 11) is 0. The van der Waals surface area contributed by atoms with Crippen molar-refractivity contribution in [2.24, 2.45) is 0 Å². The molecule has 106 valence electrons. The van der Waals surface area contributed by atoms with Gasteiger partial charge >= 0.3 is 0 Å². The molecule has 4 N–H and O–H groups in total. The van der Waals surface area contributed by atoms with E-state index in [9.17, 15) is 5.11 Å². The van der Waals surface area contributed by atoms with Gasteiger partial charge in [-0.05, 0) is 25.7 Å². The minimum atomic E-state index is -0.152. The maximum atomic E-state index is 10.1. The number of aliphatic hydroxyl groups is 1. The lowest BCUT2D eigenvalue weighted by atomic mass is 10.1. The maximum absolute atomic E-state index is 10.1. The molecule has 0 aromatic rings. The van der Waals surface area contributed by atoms with Crippen molar-refractivity contribution in [3.05, 3.63) is 0 Å². The largest absolute Gasteiger partial charge is 0.382 e. The van der Waals surface area contributed by atoms with Crippen LogP contribution in [0, 0.1) is 0 Å². The number of ether oxygens (including phenoxy) is 1. The predicted octanol–water partition coefficient (Wildman–Crippen LogP) is -1.45. The summed E-state index contributed by atoms with van der Waals surface area (Å²) in [5, 5.41) is 12.5. The summed E-state index contributed by atoms with van der Waals surface area (Å²) in [4.78, 5) is 1.50. The fourth-order valence-electron chi connectivity index (χ4n) is 3.18. The molecule has 0 aromatic heterocycles. The van der Waals surface area contributed by atoms with Crippen LogP contribution in [0.5, 0.6) is 0 Å². The summed E-state index contributed by atoms with van der Waals surface area (Å²) in [6.07, 6.45) is 8.11. The third kappa shape index (κ3) is 5.22. The quantitative estimate of drug-likeness (QED) is 0.529. The molecule has 4 nitrogen and oxygen atoms in total. The molecule has 0 amide bonds. The molecule has 0 aromatic carbocycles. The van der Waals surface area contributed by atoms with Crippen molar-refractivity contribution in [2.75, 3.05) is 39.4 Å². The van der Waals surface area contributed by atoms with Crippen molar-refractivity contribution in [3.8, 4) is 0 Å². The summed E-state index contributed by atoms with van der Waals surface area (Å²) >= 11 is 0. The van der Waals surface area contributed by atoms with Gasteiger partial charge < -0.3 is 20.1 Å². The average molecular weight is 258 g/mol. The molecule has 1 saturated heterocycles. The Bertz CT molecular complexity index is 212. The number of nitrogens with two attached hydrogens (primary N) is 1. The first-order valence-electron chi connectivity index (χ1n) is 7.77. The van der Waals surface area contributed by atoms with E-state index in [4.69, 9.17) is 4.74 Å². The van der Waals surface area contributed by atoms with Gasteiger partial charge in [0.2, 0.25) is 0 Å². The van der Waals surface area contributed by atoms with Crippen molar-refractivity contribution < 1.29 is 20.1 Å². The molecule has 2 fully saturated rings. The van der Waals surface area contributed by atoms with E-state index in [2.05, 4.69) is 5.32 Å². The minimum Gasteiger partial charge on any atom is -0.382 e.